The number of ether oxygens (including phenoxy) is 1. The summed E-state index contributed by atoms with van der Waals surface area (Å²) in [5, 5.41) is 9.40. The molecule has 0 saturated carbocycles. The Morgan fingerprint density at radius 3 is 2.45 bits per heavy atom. The third-order valence-electron chi connectivity index (χ3n) is 4.17. The van der Waals surface area contributed by atoms with Crippen molar-refractivity contribution in [3.8, 4) is 11.8 Å². The number of amides is 2. The van der Waals surface area contributed by atoms with Crippen LogP contribution < -0.4 is 4.74 Å². The summed E-state index contributed by atoms with van der Waals surface area (Å²) in [5.41, 5.74) is 1.81. The smallest absolute Gasteiger partial charge is 0.293 e. The standard InChI is InChI=1S/C21H16Cl2N2O3S/c1-12(2)25-20(26)18(29-21(25)27)9-13-7-16(22)19(17(23)8-13)28-11-15-6-4-3-5-14(15)10-24/h3-9,12H,11H2,1-2H3/b18-9-. The fourth-order valence-electron chi connectivity index (χ4n) is 2.78. The van der Waals surface area contributed by atoms with E-state index in [-0.39, 0.29) is 39.6 Å². The predicted octanol–water partition coefficient (Wildman–Crippen LogP) is 5.89. The Morgan fingerprint density at radius 1 is 1.21 bits per heavy atom. The maximum absolute atomic E-state index is 12.4. The van der Waals surface area contributed by atoms with Gasteiger partial charge < -0.3 is 4.74 Å². The van der Waals surface area contributed by atoms with Gasteiger partial charge in [-0.3, -0.25) is 14.5 Å². The van der Waals surface area contributed by atoms with E-state index in [1.54, 1.807) is 50.3 Å². The van der Waals surface area contributed by atoms with Gasteiger partial charge in [-0.25, -0.2) is 0 Å². The third-order valence-corrected chi connectivity index (χ3v) is 5.61. The van der Waals surface area contributed by atoms with Gasteiger partial charge in [0.05, 0.1) is 26.6 Å². The highest BCUT2D eigenvalue weighted by Crippen LogP contribution is 2.38. The molecule has 0 aromatic heterocycles. The molecule has 148 valence electrons. The lowest BCUT2D eigenvalue weighted by atomic mass is 10.1. The summed E-state index contributed by atoms with van der Waals surface area (Å²) in [7, 11) is 0. The number of thioether (sulfide) groups is 1. The summed E-state index contributed by atoms with van der Waals surface area (Å²) in [6.45, 7) is 3.70. The molecule has 5 nitrogen and oxygen atoms in total. The van der Waals surface area contributed by atoms with Crippen molar-refractivity contribution in [3.05, 3.63) is 68.0 Å². The average Bonchev–Trinajstić information content (AvgIpc) is 2.94. The largest absolute Gasteiger partial charge is 0.486 e. The van der Waals surface area contributed by atoms with E-state index < -0.39 is 0 Å². The zero-order valence-electron chi connectivity index (χ0n) is 15.6. The number of imide groups is 1. The van der Waals surface area contributed by atoms with Crippen molar-refractivity contribution in [2.75, 3.05) is 0 Å². The van der Waals surface area contributed by atoms with Crippen LogP contribution in [0.2, 0.25) is 10.0 Å². The summed E-state index contributed by atoms with van der Waals surface area (Å²) < 4.78 is 5.74. The number of carbonyl (C=O) groups excluding carboxylic acids is 2. The predicted molar refractivity (Wildman–Crippen MR) is 115 cm³/mol. The van der Waals surface area contributed by atoms with E-state index in [0.717, 1.165) is 11.8 Å². The maximum atomic E-state index is 12.4. The summed E-state index contributed by atoms with van der Waals surface area (Å²) in [5.74, 6) is -0.0517. The first-order chi connectivity index (χ1) is 13.8. The molecule has 1 saturated heterocycles. The second-order valence-electron chi connectivity index (χ2n) is 6.52. The molecule has 0 N–H and O–H groups in total. The lowest BCUT2D eigenvalue weighted by Gasteiger charge is -2.16. The number of benzene rings is 2. The Bertz CT molecular complexity index is 1040. The fourth-order valence-corrected chi connectivity index (χ4v) is 4.36. The van der Waals surface area contributed by atoms with Crippen LogP contribution >= 0.6 is 35.0 Å². The first-order valence-corrected chi connectivity index (χ1v) is 10.3. The lowest BCUT2D eigenvalue weighted by molar-refractivity contribution is -0.123. The van der Waals surface area contributed by atoms with Crippen molar-refractivity contribution in [2.24, 2.45) is 0 Å². The molecule has 1 aliphatic rings. The normalized spacial score (nSPS) is 15.3. The molecule has 8 heteroatoms. The zero-order valence-corrected chi connectivity index (χ0v) is 17.9. The minimum absolute atomic E-state index is 0.135. The van der Waals surface area contributed by atoms with Crippen LogP contribution in [0.5, 0.6) is 5.75 Å². The fraction of sp³-hybridized carbons (Fsp3) is 0.190. The van der Waals surface area contributed by atoms with Gasteiger partial charge in [0.1, 0.15) is 6.61 Å². The van der Waals surface area contributed by atoms with Crippen molar-refractivity contribution < 1.29 is 14.3 Å². The zero-order chi connectivity index (χ0) is 21.1. The Morgan fingerprint density at radius 2 is 1.86 bits per heavy atom. The van der Waals surface area contributed by atoms with E-state index in [1.807, 2.05) is 6.07 Å². The quantitative estimate of drug-likeness (QED) is 0.535. The lowest BCUT2D eigenvalue weighted by Crippen LogP contribution is -2.34. The van der Waals surface area contributed by atoms with Crippen LogP contribution in [0.25, 0.3) is 6.08 Å². The SMILES string of the molecule is CC(C)N1C(=O)S/C(=C\c2cc(Cl)c(OCc3ccccc3C#N)c(Cl)c2)C1=O. The van der Waals surface area contributed by atoms with Crippen molar-refractivity contribution >= 4 is 52.2 Å². The van der Waals surface area contributed by atoms with Gasteiger partial charge in [-0.2, -0.15) is 5.26 Å². The Labute approximate surface area is 182 Å². The van der Waals surface area contributed by atoms with E-state index in [0.29, 0.717) is 21.6 Å². The number of halogens is 2. The molecule has 2 amide bonds. The van der Waals surface area contributed by atoms with Crippen LogP contribution in [0.3, 0.4) is 0 Å². The van der Waals surface area contributed by atoms with Gasteiger partial charge in [0.2, 0.25) is 0 Å². The van der Waals surface area contributed by atoms with Crippen LogP contribution in [-0.4, -0.2) is 22.1 Å². The van der Waals surface area contributed by atoms with Crippen LogP contribution in [-0.2, 0) is 11.4 Å². The van der Waals surface area contributed by atoms with Crippen LogP contribution in [0, 0.1) is 11.3 Å². The Kier molecular flexibility index (Phi) is 6.53. The maximum Gasteiger partial charge on any atom is 0.293 e. The topological polar surface area (TPSA) is 70.4 Å². The van der Waals surface area contributed by atoms with E-state index in [2.05, 4.69) is 6.07 Å². The number of rotatable bonds is 5. The highest BCUT2D eigenvalue weighted by atomic mass is 35.5. The van der Waals surface area contributed by atoms with Gasteiger partial charge >= 0.3 is 0 Å². The molecular weight excluding hydrogens is 431 g/mol. The molecule has 2 aromatic carbocycles. The van der Waals surface area contributed by atoms with Crippen LogP contribution in [0.4, 0.5) is 4.79 Å². The molecule has 0 bridgehead atoms. The molecule has 0 radical (unpaired) electrons. The number of nitrogens with zero attached hydrogens (tertiary/aromatic N) is 2. The van der Waals surface area contributed by atoms with Gasteiger partial charge in [0.15, 0.2) is 5.75 Å². The summed E-state index contributed by atoms with van der Waals surface area (Å²) >= 11 is 13.5. The molecular formula is C21H16Cl2N2O3S. The van der Waals surface area contributed by atoms with Crippen LogP contribution in [0.1, 0.15) is 30.5 Å². The number of carbonyl (C=O) groups is 2. The monoisotopic (exact) mass is 446 g/mol. The second-order valence-corrected chi connectivity index (χ2v) is 8.32. The van der Waals surface area contributed by atoms with Gasteiger partial charge in [0.25, 0.3) is 11.1 Å². The van der Waals surface area contributed by atoms with E-state index >= 15 is 0 Å². The minimum atomic E-state index is -0.337. The molecule has 0 atom stereocenters. The number of nitriles is 1. The van der Waals surface area contributed by atoms with Gasteiger partial charge in [-0.15, -0.1) is 0 Å². The Hall–Kier alpha value is -2.46. The molecule has 0 spiro atoms. The average molecular weight is 447 g/mol. The van der Waals surface area contributed by atoms with Gasteiger partial charge in [-0.05, 0) is 55.4 Å². The molecule has 0 unspecified atom stereocenters. The van der Waals surface area contributed by atoms with Gasteiger partial charge in [-0.1, -0.05) is 41.4 Å². The van der Waals surface area contributed by atoms with Crippen molar-refractivity contribution in [1.82, 2.24) is 4.90 Å². The molecule has 1 heterocycles. The third kappa shape index (κ3) is 4.59. The van der Waals surface area contributed by atoms with E-state index in [9.17, 15) is 9.59 Å². The van der Waals surface area contributed by atoms with Crippen molar-refractivity contribution in [1.29, 1.82) is 5.26 Å². The summed E-state index contributed by atoms with van der Waals surface area (Å²) in [6.07, 6.45) is 1.58. The van der Waals surface area contributed by atoms with Crippen molar-refractivity contribution in [2.45, 2.75) is 26.5 Å². The molecule has 2 aromatic rings. The number of hydrogen-bond acceptors (Lipinski definition) is 5. The molecule has 29 heavy (non-hydrogen) atoms. The van der Waals surface area contributed by atoms with E-state index in [4.69, 9.17) is 33.2 Å². The van der Waals surface area contributed by atoms with Crippen LogP contribution in [0.15, 0.2) is 41.3 Å². The summed E-state index contributed by atoms with van der Waals surface area (Å²) in [6, 6.07) is 12.2. The summed E-state index contributed by atoms with van der Waals surface area (Å²) in [4.78, 5) is 26.0. The molecule has 0 aliphatic carbocycles. The first kappa shape index (κ1) is 21.3. The second kappa shape index (κ2) is 8.91. The molecule has 3 rings (SSSR count). The first-order valence-electron chi connectivity index (χ1n) is 8.68. The van der Waals surface area contributed by atoms with E-state index in [1.165, 1.54) is 4.90 Å². The highest BCUT2D eigenvalue weighted by molar-refractivity contribution is 8.18. The Balaban J connectivity index is 1.82. The molecule has 1 fully saturated rings. The minimum Gasteiger partial charge on any atom is -0.486 e. The van der Waals surface area contributed by atoms with Gasteiger partial charge in [0, 0.05) is 11.6 Å². The number of hydrogen-bond donors (Lipinski definition) is 0. The molecule has 1 aliphatic heterocycles. The highest BCUT2D eigenvalue weighted by Gasteiger charge is 2.36. The van der Waals surface area contributed by atoms with Crippen molar-refractivity contribution in [3.63, 3.8) is 0 Å².